The molecular weight excluding hydrogens is 401 g/mol. The molecule has 0 saturated heterocycles. The van der Waals surface area contributed by atoms with Crippen LogP contribution in [0.3, 0.4) is 0 Å². The number of methoxy groups -OCH3 is 1. The van der Waals surface area contributed by atoms with Gasteiger partial charge in [-0.3, -0.25) is 9.48 Å². The number of ether oxygens (including phenoxy) is 1. The monoisotopic (exact) mass is 415 g/mol. The maximum Gasteiger partial charge on any atom is 0.265 e. The first-order valence-electron chi connectivity index (χ1n) is 8.34. The van der Waals surface area contributed by atoms with Gasteiger partial charge in [0.2, 0.25) is 0 Å². The normalized spacial score (nSPS) is 11.0. The molecule has 0 spiro atoms. The SMILES string of the molecule is COc1ccc(Cl)cc1NC(=O)c1cc2c(-c3ccccc3F)nn(C)c2s1. The van der Waals surface area contributed by atoms with Crippen LogP contribution >= 0.6 is 22.9 Å². The van der Waals surface area contributed by atoms with Crippen LogP contribution in [0.25, 0.3) is 21.5 Å². The number of amides is 1. The number of benzene rings is 2. The summed E-state index contributed by atoms with van der Waals surface area (Å²) in [5.41, 5.74) is 1.38. The maximum absolute atomic E-state index is 14.2. The molecule has 0 atom stereocenters. The Hall–Kier alpha value is -2.90. The molecule has 4 aromatic rings. The van der Waals surface area contributed by atoms with Gasteiger partial charge in [-0.25, -0.2) is 4.39 Å². The molecule has 28 heavy (non-hydrogen) atoms. The van der Waals surface area contributed by atoms with Gasteiger partial charge in [0.15, 0.2) is 0 Å². The summed E-state index contributed by atoms with van der Waals surface area (Å²) in [7, 11) is 3.29. The number of aryl methyl sites for hydroxylation is 1. The van der Waals surface area contributed by atoms with Crippen LogP contribution in [0, 0.1) is 5.82 Å². The molecular formula is C20H15ClFN3O2S. The molecule has 4 rings (SSSR count). The lowest BCUT2D eigenvalue weighted by Crippen LogP contribution is -2.11. The molecule has 142 valence electrons. The number of nitrogens with one attached hydrogen (secondary N) is 1. The Morgan fingerprint density at radius 2 is 2.04 bits per heavy atom. The molecule has 0 aliphatic rings. The Bertz CT molecular complexity index is 1200. The Labute approximate surface area is 169 Å². The molecule has 2 heterocycles. The highest BCUT2D eigenvalue weighted by atomic mass is 35.5. The van der Waals surface area contributed by atoms with Gasteiger partial charge in [-0.2, -0.15) is 5.10 Å². The zero-order chi connectivity index (χ0) is 19.8. The minimum atomic E-state index is -0.358. The molecule has 1 amide bonds. The number of rotatable bonds is 4. The number of fused-ring (bicyclic) bond motifs is 1. The summed E-state index contributed by atoms with van der Waals surface area (Å²) in [5, 5.41) is 8.45. The van der Waals surface area contributed by atoms with Crippen molar-refractivity contribution in [1.29, 1.82) is 0 Å². The Balaban J connectivity index is 1.73. The third kappa shape index (κ3) is 3.23. The summed E-state index contributed by atoms with van der Waals surface area (Å²) in [4.78, 5) is 14.0. The third-order valence-corrected chi connectivity index (χ3v) is 5.71. The molecule has 0 unspecified atom stereocenters. The first kappa shape index (κ1) is 18.5. The number of carbonyl (C=O) groups is 1. The van der Waals surface area contributed by atoms with Crippen molar-refractivity contribution in [3.8, 4) is 17.0 Å². The van der Waals surface area contributed by atoms with E-state index < -0.39 is 0 Å². The Morgan fingerprint density at radius 3 is 2.79 bits per heavy atom. The van der Waals surface area contributed by atoms with Gasteiger partial charge in [-0.15, -0.1) is 11.3 Å². The number of hydrogen-bond acceptors (Lipinski definition) is 4. The second kappa shape index (κ2) is 7.26. The largest absolute Gasteiger partial charge is 0.495 e. The van der Waals surface area contributed by atoms with E-state index in [0.717, 1.165) is 10.2 Å². The van der Waals surface area contributed by atoms with E-state index in [2.05, 4.69) is 10.4 Å². The lowest BCUT2D eigenvalue weighted by molar-refractivity contribution is 0.103. The van der Waals surface area contributed by atoms with Gasteiger partial charge in [0.25, 0.3) is 5.91 Å². The Kier molecular flexibility index (Phi) is 4.78. The van der Waals surface area contributed by atoms with Crippen molar-refractivity contribution < 1.29 is 13.9 Å². The highest BCUT2D eigenvalue weighted by Crippen LogP contribution is 2.35. The Morgan fingerprint density at radius 1 is 1.25 bits per heavy atom. The topological polar surface area (TPSA) is 56.1 Å². The maximum atomic E-state index is 14.2. The van der Waals surface area contributed by atoms with E-state index in [1.165, 1.54) is 24.5 Å². The van der Waals surface area contributed by atoms with E-state index in [9.17, 15) is 9.18 Å². The summed E-state index contributed by atoms with van der Waals surface area (Å²) >= 11 is 7.31. The summed E-state index contributed by atoms with van der Waals surface area (Å²) in [6.45, 7) is 0. The number of carbonyl (C=O) groups excluding carboxylic acids is 1. The lowest BCUT2D eigenvalue weighted by Gasteiger charge is -2.09. The second-order valence-electron chi connectivity index (χ2n) is 6.08. The molecule has 5 nitrogen and oxygen atoms in total. The van der Waals surface area contributed by atoms with E-state index in [-0.39, 0.29) is 11.7 Å². The van der Waals surface area contributed by atoms with Crippen LogP contribution in [-0.4, -0.2) is 22.8 Å². The van der Waals surface area contributed by atoms with E-state index >= 15 is 0 Å². The van der Waals surface area contributed by atoms with Gasteiger partial charge < -0.3 is 10.1 Å². The lowest BCUT2D eigenvalue weighted by atomic mass is 10.1. The van der Waals surface area contributed by atoms with Crippen LogP contribution in [0.1, 0.15) is 9.67 Å². The van der Waals surface area contributed by atoms with Gasteiger partial charge in [0, 0.05) is 23.0 Å². The molecule has 8 heteroatoms. The number of hydrogen-bond donors (Lipinski definition) is 1. The smallest absolute Gasteiger partial charge is 0.265 e. The van der Waals surface area contributed by atoms with E-state index in [0.29, 0.717) is 32.6 Å². The molecule has 0 fully saturated rings. The molecule has 0 radical (unpaired) electrons. The molecule has 2 aromatic carbocycles. The van der Waals surface area contributed by atoms with Crippen molar-refractivity contribution in [1.82, 2.24) is 9.78 Å². The molecule has 0 aliphatic heterocycles. The first-order chi connectivity index (χ1) is 13.5. The molecule has 0 saturated carbocycles. The first-order valence-corrected chi connectivity index (χ1v) is 9.53. The van der Waals surface area contributed by atoms with Gasteiger partial charge in [-0.05, 0) is 36.4 Å². The summed E-state index contributed by atoms with van der Waals surface area (Å²) < 4.78 is 21.2. The van der Waals surface area contributed by atoms with Crippen LogP contribution in [0.2, 0.25) is 5.02 Å². The van der Waals surface area contributed by atoms with Gasteiger partial charge in [0.05, 0.1) is 17.7 Å². The van der Waals surface area contributed by atoms with Gasteiger partial charge in [0.1, 0.15) is 22.1 Å². The van der Waals surface area contributed by atoms with Gasteiger partial charge in [-0.1, -0.05) is 23.7 Å². The number of aromatic nitrogens is 2. The van der Waals surface area contributed by atoms with Crippen molar-refractivity contribution in [2.45, 2.75) is 0 Å². The summed E-state index contributed by atoms with van der Waals surface area (Å²) in [6.07, 6.45) is 0. The fourth-order valence-corrected chi connectivity index (χ4v) is 4.11. The van der Waals surface area contributed by atoms with Crippen molar-refractivity contribution >= 4 is 44.7 Å². The average molecular weight is 416 g/mol. The summed E-state index contributed by atoms with van der Waals surface area (Å²) in [5.74, 6) is -0.155. The minimum Gasteiger partial charge on any atom is -0.495 e. The van der Waals surface area contributed by atoms with Crippen LogP contribution < -0.4 is 10.1 Å². The zero-order valence-corrected chi connectivity index (χ0v) is 16.6. The average Bonchev–Trinajstić information content (AvgIpc) is 3.23. The highest BCUT2D eigenvalue weighted by Gasteiger charge is 2.20. The van der Waals surface area contributed by atoms with E-state index in [4.69, 9.17) is 16.3 Å². The number of anilines is 1. The highest BCUT2D eigenvalue weighted by molar-refractivity contribution is 7.20. The summed E-state index contributed by atoms with van der Waals surface area (Å²) in [6, 6.07) is 13.2. The van der Waals surface area contributed by atoms with Crippen LogP contribution in [0.5, 0.6) is 5.75 Å². The standard InChI is InChI=1S/C20H15ClFN3O2S/c1-25-20-13(18(24-25)12-5-3-4-6-14(12)22)10-17(28-20)19(26)23-15-9-11(21)7-8-16(15)27-2/h3-10H,1-2H3,(H,23,26). The molecule has 2 aromatic heterocycles. The third-order valence-electron chi connectivity index (χ3n) is 4.27. The quantitative estimate of drug-likeness (QED) is 0.488. The zero-order valence-electron chi connectivity index (χ0n) is 15.0. The predicted octanol–water partition coefficient (Wildman–Crippen LogP) is 5.36. The van der Waals surface area contributed by atoms with Crippen molar-refractivity contribution in [3.63, 3.8) is 0 Å². The molecule has 1 N–H and O–H groups in total. The fraction of sp³-hybridized carbons (Fsp3) is 0.100. The van der Waals surface area contributed by atoms with Crippen LogP contribution in [0.4, 0.5) is 10.1 Å². The van der Waals surface area contributed by atoms with E-state index in [1.807, 2.05) is 0 Å². The van der Waals surface area contributed by atoms with Gasteiger partial charge >= 0.3 is 0 Å². The minimum absolute atomic E-state index is 0.304. The van der Waals surface area contributed by atoms with Crippen LogP contribution in [-0.2, 0) is 7.05 Å². The molecule has 0 bridgehead atoms. The second-order valence-corrected chi connectivity index (χ2v) is 7.55. The fourth-order valence-electron chi connectivity index (χ4n) is 2.97. The van der Waals surface area contributed by atoms with Crippen molar-refractivity contribution in [2.75, 3.05) is 12.4 Å². The number of thiophene rings is 1. The van der Waals surface area contributed by atoms with E-state index in [1.54, 1.807) is 54.2 Å². The van der Waals surface area contributed by atoms with Crippen molar-refractivity contribution in [3.05, 3.63) is 64.2 Å². The predicted molar refractivity (Wildman–Crippen MR) is 110 cm³/mol. The number of nitrogens with zero attached hydrogens (tertiary/aromatic N) is 2. The van der Waals surface area contributed by atoms with Crippen molar-refractivity contribution in [2.24, 2.45) is 7.05 Å². The molecule has 0 aliphatic carbocycles. The number of halogens is 2. The van der Waals surface area contributed by atoms with Crippen LogP contribution in [0.15, 0.2) is 48.5 Å².